The predicted molar refractivity (Wildman–Crippen MR) is 93.9 cm³/mol. The van der Waals surface area contributed by atoms with Gasteiger partial charge in [-0.3, -0.25) is 9.78 Å². The van der Waals surface area contributed by atoms with Gasteiger partial charge in [0.25, 0.3) is 0 Å². The zero-order valence-electron chi connectivity index (χ0n) is 13.0. The van der Waals surface area contributed by atoms with Crippen LogP contribution < -0.4 is 5.32 Å². The molecule has 10 heteroatoms. The molecule has 1 amide bonds. The minimum atomic E-state index is -4.43. The maximum absolute atomic E-state index is 12.6. The summed E-state index contributed by atoms with van der Waals surface area (Å²) in [5.74, 6) is -0.0464. The van der Waals surface area contributed by atoms with E-state index in [1.165, 1.54) is 17.8 Å². The molecule has 0 fully saturated rings. The first-order chi connectivity index (χ1) is 12.4. The van der Waals surface area contributed by atoms with E-state index in [0.29, 0.717) is 20.7 Å². The second kappa shape index (κ2) is 7.83. The van der Waals surface area contributed by atoms with Gasteiger partial charge in [-0.25, -0.2) is 0 Å². The molecule has 0 aliphatic carbocycles. The van der Waals surface area contributed by atoms with Crippen LogP contribution in [-0.4, -0.2) is 26.8 Å². The Bertz CT molecular complexity index is 883. The topological polar surface area (TPSA) is 67.8 Å². The lowest BCUT2D eigenvalue weighted by molar-refractivity contribution is -0.137. The largest absolute Gasteiger partial charge is 0.417 e. The molecule has 0 spiro atoms. The first kappa shape index (κ1) is 18.3. The van der Waals surface area contributed by atoms with E-state index in [9.17, 15) is 18.0 Å². The number of thioether (sulfide) groups is 1. The van der Waals surface area contributed by atoms with Crippen molar-refractivity contribution in [2.45, 2.75) is 10.5 Å². The third kappa shape index (κ3) is 4.79. The molecule has 1 aromatic carbocycles. The van der Waals surface area contributed by atoms with Gasteiger partial charge in [-0.2, -0.15) is 13.2 Å². The molecular weight excluding hydrogens is 385 g/mol. The summed E-state index contributed by atoms with van der Waals surface area (Å²) in [4.78, 5) is 15.7. The average molecular weight is 396 g/mol. The number of hydrogen-bond acceptors (Lipinski definition) is 6. The normalized spacial score (nSPS) is 11.3. The van der Waals surface area contributed by atoms with E-state index in [0.717, 1.165) is 23.6 Å². The fourth-order valence-electron chi connectivity index (χ4n) is 1.91. The maximum Gasteiger partial charge on any atom is 0.417 e. The summed E-state index contributed by atoms with van der Waals surface area (Å²) >= 11 is 2.36. The van der Waals surface area contributed by atoms with Crippen molar-refractivity contribution < 1.29 is 18.0 Å². The molecule has 0 saturated heterocycles. The molecule has 2 heterocycles. The van der Waals surface area contributed by atoms with E-state index in [-0.39, 0.29) is 11.7 Å². The number of amides is 1. The Hall–Kier alpha value is -2.46. The summed E-state index contributed by atoms with van der Waals surface area (Å²) < 4.78 is 38.2. The number of carbonyl (C=O) groups excluding carboxylic acids is 1. The summed E-state index contributed by atoms with van der Waals surface area (Å²) in [6, 6.07) is 11.2. The molecule has 5 nitrogen and oxygen atoms in total. The highest BCUT2D eigenvalue weighted by Crippen LogP contribution is 2.32. The molecule has 0 bridgehead atoms. The second-order valence-electron chi connectivity index (χ2n) is 5.01. The Labute approximate surface area is 154 Å². The number of para-hydroxylation sites is 1. The van der Waals surface area contributed by atoms with E-state index in [1.54, 1.807) is 12.1 Å². The molecule has 2 aromatic heterocycles. The Morgan fingerprint density at radius 1 is 1.12 bits per heavy atom. The van der Waals surface area contributed by atoms with E-state index in [2.05, 4.69) is 20.5 Å². The zero-order valence-corrected chi connectivity index (χ0v) is 14.7. The molecule has 0 aliphatic rings. The third-order valence-corrected chi connectivity index (χ3v) is 5.18. The van der Waals surface area contributed by atoms with Crippen molar-refractivity contribution in [1.82, 2.24) is 15.2 Å². The van der Waals surface area contributed by atoms with Gasteiger partial charge < -0.3 is 5.32 Å². The Morgan fingerprint density at radius 3 is 2.54 bits per heavy atom. The highest BCUT2D eigenvalue weighted by molar-refractivity contribution is 8.01. The lowest BCUT2D eigenvalue weighted by Crippen LogP contribution is -2.13. The lowest BCUT2D eigenvalue weighted by atomic mass is 10.2. The second-order valence-corrected chi connectivity index (χ2v) is 7.21. The van der Waals surface area contributed by atoms with Crippen LogP contribution in [0.25, 0.3) is 10.7 Å². The molecule has 1 N–H and O–H groups in total. The van der Waals surface area contributed by atoms with Crippen molar-refractivity contribution in [3.8, 4) is 10.7 Å². The summed E-state index contributed by atoms with van der Waals surface area (Å²) in [5, 5.41) is 11.0. The Kier molecular flexibility index (Phi) is 5.52. The van der Waals surface area contributed by atoms with Crippen molar-refractivity contribution in [2.24, 2.45) is 0 Å². The average Bonchev–Trinajstić information content (AvgIpc) is 3.09. The number of pyridine rings is 1. The van der Waals surface area contributed by atoms with E-state index < -0.39 is 11.7 Å². The predicted octanol–water partition coefficient (Wildman–Crippen LogP) is 4.35. The fraction of sp³-hybridized carbons (Fsp3) is 0.125. The molecule has 0 radical (unpaired) electrons. The first-order valence-corrected chi connectivity index (χ1v) is 9.07. The summed E-state index contributed by atoms with van der Waals surface area (Å²) in [5.41, 5.74) is 0.180. The summed E-state index contributed by atoms with van der Waals surface area (Å²) in [6.07, 6.45) is -3.67. The van der Waals surface area contributed by atoms with Crippen molar-refractivity contribution in [3.05, 3.63) is 54.2 Å². The van der Waals surface area contributed by atoms with Crippen LogP contribution in [-0.2, 0) is 11.0 Å². The molecule has 0 unspecified atom stereocenters. The van der Waals surface area contributed by atoms with E-state index in [4.69, 9.17) is 0 Å². The minimum absolute atomic E-state index is 0.143. The number of carbonyl (C=O) groups is 1. The number of halogens is 3. The molecule has 0 atom stereocenters. The summed E-state index contributed by atoms with van der Waals surface area (Å²) in [6.45, 7) is 0. The van der Waals surface area contributed by atoms with Gasteiger partial charge in [-0.1, -0.05) is 41.3 Å². The molecule has 3 aromatic rings. The van der Waals surface area contributed by atoms with Gasteiger partial charge in [0, 0.05) is 11.9 Å². The molecule has 26 heavy (non-hydrogen) atoms. The SMILES string of the molecule is O=C(CSc1nnc(-c2ccc(C(F)(F)F)cn2)s1)Nc1ccccc1. The molecule has 0 saturated carbocycles. The van der Waals surface area contributed by atoms with Gasteiger partial charge in [0.05, 0.1) is 11.3 Å². The van der Waals surface area contributed by atoms with Crippen LogP contribution in [0, 0.1) is 0 Å². The number of nitrogens with zero attached hydrogens (tertiary/aromatic N) is 3. The van der Waals surface area contributed by atoms with Gasteiger partial charge in [0.15, 0.2) is 9.35 Å². The fourth-order valence-corrected chi connectivity index (χ4v) is 3.53. The number of nitrogens with one attached hydrogen (secondary N) is 1. The third-order valence-electron chi connectivity index (χ3n) is 3.10. The Balaban J connectivity index is 1.58. The van der Waals surface area contributed by atoms with Crippen LogP contribution in [0.1, 0.15) is 5.56 Å². The number of benzene rings is 1. The van der Waals surface area contributed by atoms with Crippen LogP contribution >= 0.6 is 23.1 Å². The number of anilines is 1. The number of alkyl halides is 3. The van der Waals surface area contributed by atoms with Crippen LogP contribution in [0.4, 0.5) is 18.9 Å². The maximum atomic E-state index is 12.6. The standard InChI is InChI=1S/C16H11F3N4OS2/c17-16(18,19)10-6-7-12(20-8-10)14-22-23-15(26-14)25-9-13(24)21-11-4-2-1-3-5-11/h1-8H,9H2,(H,21,24). The molecular formula is C16H11F3N4OS2. The van der Waals surface area contributed by atoms with E-state index in [1.807, 2.05) is 18.2 Å². The van der Waals surface area contributed by atoms with Gasteiger partial charge >= 0.3 is 6.18 Å². The van der Waals surface area contributed by atoms with Gasteiger partial charge in [-0.15, -0.1) is 10.2 Å². The highest BCUT2D eigenvalue weighted by Gasteiger charge is 2.30. The molecule has 3 rings (SSSR count). The zero-order chi connectivity index (χ0) is 18.6. The molecule has 134 valence electrons. The first-order valence-electron chi connectivity index (χ1n) is 7.26. The summed E-state index contributed by atoms with van der Waals surface area (Å²) in [7, 11) is 0. The Morgan fingerprint density at radius 2 is 1.88 bits per heavy atom. The number of hydrogen-bond donors (Lipinski definition) is 1. The highest BCUT2D eigenvalue weighted by atomic mass is 32.2. The number of rotatable bonds is 5. The lowest BCUT2D eigenvalue weighted by Gasteiger charge is -2.05. The van der Waals surface area contributed by atoms with Crippen LogP contribution in [0.2, 0.25) is 0 Å². The quantitative estimate of drug-likeness (QED) is 0.650. The van der Waals surface area contributed by atoms with E-state index >= 15 is 0 Å². The monoisotopic (exact) mass is 396 g/mol. The van der Waals surface area contributed by atoms with Gasteiger partial charge in [-0.05, 0) is 24.3 Å². The van der Waals surface area contributed by atoms with Crippen molar-refractivity contribution in [1.29, 1.82) is 0 Å². The number of aromatic nitrogens is 3. The van der Waals surface area contributed by atoms with Crippen LogP contribution in [0.3, 0.4) is 0 Å². The smallest absolute Gasteiger partial charge is 0.325 e. The van der Waals surface area contributed by atoms with Crippen molar-refractivity contribution in [2.75, 3.05) is 11.1 Å². The molecule has 0 aliphatic heterocycles. The van der Waals surface area contributed by atoms with Crippen LogP contribution in [0.5, 0.6) is 0 Å². The van der Waals surface area contributed by atoms with Gasteiger partial charge in [0.1, 0.15) is 5.69 Å². The van der Waals surface area contributed by atoms with Crippen molar-refractivity contribution in [3.63, 3.8) is 0 Å². The van der Waals surface area contributed by atoms with Gasteiger partial charge in [0.2, 0.25) is 5.91 Å². The van der Waals surface area contributed by atoms with Crippen LogP contribution in [0.15, 0.2) is 53.0 Å². The minimum Gasteiger partial charge on any atom is -0.325 e. The van der Waals surface area contributed by atoms with Crippen molar-refractivity contribution >= 4 is 34.7 Å².